The van der Waals surface area contributed by atoms with Crippen LogP contribution in [0, 0.1) is 6.92 Å². The molecule has 0 saturated carbocycles. The molecule has 5 heteroatoms. The second-order valence-corrected chi connectivity index (χ2v) is 6.71. The van der Waals surface area contributed by atoms with Crippen LogP contribution in [0.1, 0.15) is 34.6 Å². The Labute approximate surface area is 152 Å². The molecule has 1 aliphatic rings. The van der Waals surface area contributed by atoms with Crippen molar-refractivity contribution in [1.29, 1.82) is 0 Å². The molecule has 1 aromatic heterocycles. The number of hydrogen-bond donors (Lipinski definition) is 0. The smallest absolute Gasteiger partial charge is 0.257 e. The van der Waals surface area contributed by atoms with Gasteiger partial charge in [-0.2, -0.15) is 4.98 Å². The molecule has 0 N–H and O–H groups in total. The summed E-state index contributed by atoms with van der Waals surface area (Å²) < 4.78 is 5.18. The van der Waals surface area contributed by atoms with Gasteiger partial charge in [-0.25, -0.2) is 0 Å². The largest absolute Gasteiger partial charge is 0.335 e. The molecule has 3 aromatic rings. The number of amides is 1. The van der Waals surface area contributed by atoms with Crippen molar-refractivity contribution < 1.29 is 9.32 Å². The Hall–Kier alpha value is -2.95. The van der Waals surface area contributed by atoms with Crippen LogP contribution in [0.15, 0.2) is 59.1 Å². The molecule has 0 bridgehead atoms. The first-order valence-electron chi connectivity index (χ1n) is 8.96. The fraction of sp³-hybridized carbons (Fsp3) is 0.286. The Morgan fingerprint density at radius 1 is 1.15 bits per heavy atom. The van der Waals surface area contributed by atoms with E-state index in [4.69, 9.17) is 4.52 Å². The Bertz CT molecular complexity index is 887. The van der Waals surface area contributed by atoms with Gasteiger partial charge in [0.15, 0.2) is 5.82 Å². The lowest BCUT2D eigenvalue weighted by atomic mass is 10.0. The molecular weight excluding hydrogens is 326 g/mol. The number of benzene rings is 2. The van der Waals surface area contributed by atoms with Gasteiger partial charge >= 0.3 is 0 Å². The maximum Gasteiger partial charge on any atom is 0.257 e. The van der Waals surface area contributed by atoms with Crippen molar-refractivity contribution in [2.75, 3.05) is 6.54 Å². The number of carbonyl (C=O) groups excluding carboxylic acids is 1. The number of aryl methyl sites for hydroxylation is 1. The summed E-state index contributed by atoms with van der Waals surface area (Å²) in [6.07, 6.45) is 3.02. The predicted octanol–water partition coefficient (Wildman–Crippen LogP) is 3.89. The van der Waals surface area contributed by atoms with Crippen LogP contribution < -0.4 is 0 Å². The summed E-state index contributed by atoms with van der Waals surface area (Å²) in [7, 11) is 0. The Morgan fingerprint density at radius 3 is 2.62 bits per heavy atom. The van der Waals surface area contributed by atoms with Crippen molar-refractivity contribution in [1.82, 2.24) is 15.0 Å². The van der Waals surface area contributed by atoms with Crippen molar-refractivity contribution in [3.05, 3.63) is 71.5 Å². The standard InChI is InChI=1S/C21H21N3O2/c1-15-22-20(26-23-15)17-9-11-18(12-10-17)21(25)24-13-5-8-19(24)14-16-6-3-2-4-7-16/h2-4,6-7,9-12,19H,5,8,13-14H2,1H3. The summed E-state index contributed by atoms with van der Waals surface area (Å²) in [5.41, 5.74) is 2.80. The van der Waals surface area contributed by atoms with Gasteiger partial charge in [0.1, 0.15) is 0 Å². The third-order valence-electron chi connectivity index (χ3n) is 4.86. The summed E-state index contributed by atoms with van der Waals surface area (Å²) in [6, 6.07) is 18.1. The van der Waals surface area contributed by atoms with Crippen LogP contribution in [0.4, 0.5) is 0 Å². The van der Waals surface area contributed by atoms with E-state index in [-0.39, 0.29) is 11.9 Å². The van der Waals surface area contributed by atoms with Crippen LogP contribution in [0.3, 0.4) is 0 Å². The summed E-state index contributed by atoms with van der Waals surface area (Å²) in [6.45, 7) is 2.60. The molecule has 132 valence electrons. The average Bonchev–Trinajstić information content (AvgIpc) is 3.31. The maximum atomic E-state index is 13.0. The molecule has 4 rings (SSSR count). The van der Waals surface area contributed by atoms with E-state index in [1.54, 1.807) is 6.92 Å². The van der Waals surface area contributed by atoms with Crippen molar-refractivity contribution >= 4 is 5.91 Å². The van der Waals surface area contributed by atoms with E-state index in [9.17, 15) is 4.79 Å². The molecule has 0 aliphatic carbocycles. The highest BCUT2D eigenvalue weighted by molar-refractivity contribution is 5.95. The molecule has 1 atom stereocenters. The highest BCUT2D eigenvalue weighted by atomic mass is 16.5. The summed E-state index contributed by atoms with van der Waals surface area (Å²) in [4.78, 5) is 19.2. The van der Waals surface area contributed by atoms with Crippen LogP contribution in [-0.4, -0.2) is 33.5 Å². The quantitative estimate of drug-likeness (QED) is 0.718. The molecule has 26 heavy (non-hydrogen) atoms. The van der Waals surface area contributed by atoms with Gasteiger partial charge in [-0.1, -0.05) is 35.5 Å². The molecule has 1 amide bonds. The highest BCUT2D eigenvalue weighted by Crippen LogP contribution is 2.24. The van der Waals surface area contributed by atoms with E-state index in [1.807, 2.05) is 35.2 Å². The second kappa shape index (κ2) is 7.12. The molecule has 1 aliphatic heterocycles. The highest BCUT2D eigenvalue weighted by Gasteiger charge is 2.29. The Balaban J connectivity index is 1.49. The van der Waals surface area contributed by atoms with Gasteiger partial charge in [-0.05, 0) is 56.0 Å². The molecule has 2 heterocycles. The van der Waals surface area contributed by atoms with Crippen molar-refractivity contribution in [3.8, 4) is 11.5 Å². The Morgan fingerprint density at radius 2 is 1.92 bits per heavy atom. The number of nitrogens with zero attached hydrogens (tertiary/aromatic N) is 3. The molecule has 2 aromatic carbocycles. The third kappa shape index (κ3) is 3.38. The van der Waals surface area contributed by atoms with Gasteiger partial charge in [0, 0.05) is 23.7 Å². The topological polar surface area (TPSA) is 59.2 Å². The number of carbonyl (C=O) groups is 1. The predicted molar refractivity (Wildman–Crippen MR) is 98.7 cm³/mol. The molecule has 1 fully saturated rings. The maximum absolute atomic E-state index is 13.0. The van der Waals surface area contributed by atoms with Gasteiger partial charge in [0.2, 0.25) is 0 Å². The fourth-order valence-electron chi connectivity index (χ4n) is 3.54. The van der Waals surface area contributed by atoms with Gasteiger partial charge in [-0.15, -0.1) is 0 Å². The molecule has 5 nitrogen and oxygen atoms in total. The monoisotopic (exact) mass is 347 g/mol. The van der Waals surface area contributed by atoms with Crippen molar-refractivity contribution in [2.24, 2.45) is 0 Å². The minimum atomic E-state index is 0.0942. The van der Waals surface area contributed by atoms with E-state index in [0.29, 0.717) is 17.3 Å². The van der Waals surface area contributed by atoms with Gasteiger partial charge in [-0.3, -0.25) is 4.79 Å². The van der Waals surface area contributed by atoms with Crippen LogP contribution in [0.5, 0.6) is 0 Å². The molecule has 1 unspecified atom stereocenters. The summed E-state index contributed by atoms with van der Waals surface area (Å²) >= 11 is 0. The number of rotatable bonds is 4. The normalized spacial score (nSPS) is 16.8. The van der Waals surface area contributed by atoms with Crippen LogP contribution >= 0.6 is 0 Å². The lowest BCUT2D eigenvalue weighted by Gasteiger charge is -2.25. The lowest BCUT2D eigenvalue weighted by Crippen LogP contribution is -2.36. The zero-order chi connectivity index (χ0) is 17.9. The van der Waals surface area contributed by atoms with Crippen molar-refractivity contribution in [2.45, 2.75) is 32.2 Å². The Kier molecular flexibility index (Phi) is 4.52. The first-order valence-corrected chi connectivity index (χ1v) is 8.96. The zero-order valence-corrected chi connectivity index (χ0v) is 14.8. The van der Waals surface area contributed by atoms with Gasteiger partial charge < -0.3 is 9.42 Å². The van der Waals surface area contributed by atoms with E-state index in [1.165, 1.54) is 5.56 Å². The van der Waals surface area contributed by atoms with Crippen molar-refractivity contribution in [3.63, 3.8) is 0 Å². The van der Waals surface area contributed by atoms with E-state index < -0.39 is 0 Å². The first-order chi connectivity index (χ1) is 12.7. The van der Waals surface area contributed by atoms with E-state index >= 15 is 0 Å². The lowest BCUT2D eigenvalue weighted by molar-refractivity contribution is 0.0736. The van der Waals surface area contributed by atoms with Crippen LogP contribution in [0.25, 0.3) is 11.5 Å². The summed E-state index contributed by atoms with van der Waals surface area (Å²) in [5.74, 6) is 1.17. The van der Waals surface area contributed by atoms with E-state index in [2.05, 4.69) is 34.4 Å². The summed E-state index contributed by atoms with van der Waals surface area (Å²) in [5, 5.41) is 3.80. The minimum Gasteiger partial charge on any atom is -0.335 e. The number of aromatic nitrogens is 2. The van der Waals surface area contributed by atoms with Crippen LogP contribution in [0.2, 0.25) is 0 Å². The molecular formula is C21H21N3O2. The number of hydrogen-bond acceptors (Lipinski definition) is 4. The fourth-order valence-corrected chi connectivity index (χ4v) is 3.54. The zero-order valence-electron chi connectivity index (χ0n) is 14.8. The second-order valence-electron chi connectivity index (χ2n) is 6.71. The van der Waals surface area contributed by atoms with Gasteiger partial charge in [0.25, 0.3) is 11.8 Å². The van der Waals surface area contributed by atoms with E-state index in [0.717, 1.165) is 31.4 Å². The van der Waals surface area contributed by atoms with Crippen LogP contribution in [-0.2, 0) is 6.42 Å². The first kappa shape index (κ1) is 16.5. The average molecular weight is 347 g/mol. The van der Waals surface area contributed by atoms with Gasteiger partial charge in [0.05, 0.1) is 0 Å². The molecule has 0 radical (unpaired) electrons. The third-order valence-corrected chi connectivity index (χ3v) is 4.86. The SMILES string of the molecule is Cc1noc(-c2ccc(C(=O)N3CCCC3Cc3ccccc3)cc2)n1. The minimum absolute atomic E-state index is 0.0942. The molecule has 0 spiro atoms. The molecule has 1 saturated heterocycles. The number of likely N-dealkylation sites (tertiary alicyclic amines) is 1.